The van der Waals surface area contributed by atoms with E-state index in [9.17, 15) is 9.59 Å². The molecular weight excluding hydrogens is 332 g/mol. The van der Waals surface area contributed by atoms with Gasteiger partial charge in [0.2, 0.25) is 0 Å². The lowest BCUT2D eigenvalue weighted by Gasteiger charge is -2.09. The van der Waals surface area contributed by atoms with Crippen molar-refractivity contribution in [2.75, 3.05) is 5.32 Å². The van der Waals surface area contributed by atoms with Crippen molar-refractivity contribution >= 4 is 28.5 Å². The summed E-state index contributed by atoms with van der Waals surface area (Å²) >= 11 is 0. The number of aliphatic carboxylic acids is 1. The van der Waals surface area contributed by atoms with Crippen molar-refractivity contribution in [3.05, 3.63) is 47.9 Å². The van der Waals surface area contributed by atoms with Crippen molar-refractivity contribution in [1.29, 1.82) is 0 Å². The minimum absolute atomic E-state index is 0.0938. The Morgan fingerprint density at radius 1 is 1.27 bits per heavy atom. The van der Waals surface area contributed by atoms with Gasteiger partial charge < -0.3 is 15.0 Å². The van der Waals surface area contributed by atoms with Crippen LogP contribution in [0, 0.1) is 12.8 Å². The number of fused-ring (bicyclic) bond motifs is 1. The first-order chi connectivity index (χ1) is 12.3. The van der Waals surface area contributed by atoms with E-state index in [2.05, 4.69) is 24.3 Å². The zero-order valence-corrected chi connectivity index (χ0v) is 15.1. The maximum Gasteiger partial charge on any atom is 0.323 e. The molecule has 0 radical (unpaired) electrons. The van der Waals surface area contributed by atoms with Gasteiger partial charge in [0.1, 0.15) is 6.54 Å². The van der Waals surface area contributed by atoms with E-state index < -0.39 is 5.97 Å². The van der Waals surface area contributed by atoms with E-state index in [1.807, 2.05) is 29.8 Å². The van der Waals surface area contributed by atoms with Crippen molar-refractivity contribution in [2.45, 2.75) is 33.9 Å². The topological polar surface area (TPSA) is 89.2 Å². The summed E-state index contributed by atoms with van der Waals surface area (Å²) in [7, 11) is 0. The number of hydrogen-bond acceptors (Lipinski definition) is 3. The van der Waals surface area contributed by atoms with Crippen molar-refractivity contribution in [1.82, 2.24) is 14.3 Å². The zero-order valence-electron chi connectivity index (χ0n) is 15.1. The molecule has 0 saturated carbocycles. The van der Waals surface area contributed by atoms with Crippen LogP contribution in [0.4, 0.5) is 5.69 Å². The van der Waals surface area contributed by atoms with Crippen LogP contribution in [0.25, 0.3) is 10.9 Å². The number of carboxylic acids is 1. The molecule has 2 heterocycles. The Labute approximate surface area is 151 Å². The Bertz CT molecular complexity index is 968. The fraction of sp³-hybridized carbons (Fsp3) is 0.316. The van der Waals surface area contributed by atoms with Crippen molar-refractivity contribution < 1.29 is 14.7 Å². The predicted molar refractivity (Wildman–Crippen MR) is 99.3 cm³/mol. The van der Waals surface area contributed by atoms with Gasteiger partial charge in [-0.15, -0.1) is 0 Å². The highest BCUT2D eigenvalue weighted by molar-refractivity contribution is 6.05. The number of aromatic nitrogens is 3. The molecule has 0 unspecified atom stereocenters. The summed E-state index contributed by atoms with van der Waals surface area (Å²) in [4.78, 5) is 23.5. The molecule has 0 atom stereocenters. The van der Waals surface area contributed by atoms with Gasteiger partial charge in [-0.25, -0.2) is 0 Å². The monoisotopic (exact) mass is 354 g/mol. The molecule has 0 aliphatic heterocycles. The van der Waals surface area contributed by atoms with Crippen LogP contribution in [0.15, 0.2) is 36.7 Å². The summed E-state index contributed by atoms with van der Waals surface area (Å²) in [6, 6.07) is 7.24. The van der Waals surface area contributed by atoms with Gasteiger partial charge in [-0.1, -0.05) is 13.8 Å². The summed E-state index contributed by atoms with van der Waals surface area (Å²) in [6.45, 7) is 6.77. The minimum Gasteiger partial charge on any atom is -0.480 e. The highest BCUT2D eigenvalue weighted by Crippen LogP contribution is 2.21. The lowest BCUT2D eigenvalue weighted by atomic mass is 10.2. The lowest BCUT2D eigenvalue weighted by Crippen LogP contribution is -2.14. The second-order valence-corrected chi connectivity index (χ2v) is 6.78. The maximum absolute atomic E-state index is 12.6. The van der Waals surface area contributed by atoms with Crippen LogP contribution in [0.1, 0.15) is 29.9 Å². The molecule has 0 bridgehead atoms. The third-order valence-electron chi connectivity index (χ3n) is 4.22. The number of anilines is 1. The molecule has 2 aromatic heterocycles. The molecule has 0 saturated heterocycles. The number of carboxylic acid groups (broad SMARTS) is 1. The number of carbonyl (C=O) groups excluding carboxylic acids is 1. The van der Waals surface area contributed by atoms with Gasteiger partial charge in [0.25, 0.3) is 5.91 Å². The average molecular weight is 354 g/mol. The standard InChI is InChI=1S/C19H22N4O3/c1-12(2)10-23-13(3)16(9-20-23)19(26)21-15-4-5-17-14(8-15)6-7-22(17)11-18(24)25/h4-9,12H,10-11H2,1-3H3,(H,21,26)(H,24,25). The molecule has 7 heteroatoms. The van der Waals surface area contributed by atoms with Crippen LogP contribution in [0.3, 0.4) is 0 Å². The summed E-state index contributed by atoms with van der Waals surface area (Å²) in [5, 5.41) is 17.0. The molecule has 7 nitrogen and oxygen atoms in total. The van der Waals surface area contributed by atoms with Gasteiger partial charge in [0.05, 0.1) is 11.8 Å². The van der Waals surface area contributed by atoms with Gasteiger partial charge in [-0.05, 0) is 37.1 Å². The molecule has 3 aromatic rings. The summed E-state index contributed by atoms with van der Waals surface area (Å²) < 4.78 is 3.50. The van der Waals surface area contributed by atoms with E-state index in [0.29, 0.717) is 17.2 Å². The smallest absolute Gasteiger partial charge is 0.323 e. The first kappa shape index (κ1) is 17.7. The molecule has 1 amide bonds. The molecule has 0 aliphatic rings. The molecule has 136 valence electrons. The molecule has 0 fully saturated rings. The Morgan fingerprint density at radius 2 is 2.04 bits per heavy atom. The van der Waals surface area contributed by atoms with Gasteiger partial charge in [-0.3, -0.25) is 14.3 Å². The number of amides is 1. The third-order valence-corrected chi connectivity index (χ3v) is 4.22. The van der Waals surface area contributed by atoms with E-state index in [-0.39, 0.29) is 12.5 Å². The van der Waals surface area contributed by atoms with E-state index in [1.54, 1.807) is 23.0 Å². The maximum atomic E-state index is 12.6. The number of benzene rings is 1. The van der Waals surface area contributed by atoms with E-state index in [1.165, 1.54) is 0 Å². The summed E-state index contributed by atoms with van der Waals surface area (Å²) in [6.07, 6.45) is 3.32. The zero-order chi connectivity index (χ0) is 18.8. The lowest BCUT2D eigenvalue weighted by molar-refractivity contribution is -0.137. The Morgan fingerprint density at radius 3 is 2.73 bits per heavy atom. The van der Waals surface area contributed by atoms with Crippen LogP contribution >= 0.6 is 0 Å². The molecule has 2 N–H and O–H groups in total. The third kappa shape index (κ3) is 3.61. The first-order valence-electron chi connectivity index (χ1n) is 8.49. The number of carbonyl (C=O) groups is 2. The second kappa shape index (κ2) is 7.03. The SMILES string of the molecule is Cc1c(C(=O)Nc2ccc3c(ccn3CC(=O)O)c2)cnn1CC(C)C. The van der Waals surface area contributed by atoms with Crippen LogP contribution in [0.2, 0.25) is 0 Å². The number of nitrogens with zero attached hydrogens (tertiary/aromatic N) is 3. The average Bonchev–Trinajstić information content (AvgIpc) is 3.11. The van der Waals surface area contributed by atoms with E-state index in [0.717, 1.165) is 23.1 Å². The van der Waals surface area contributed by atoms with Crippen LogP contribution in [0.5, 0.6) is 0 Å². The minimum atomic E-state index is -0.895. The van der Waals surface area contributed by atoms with E-state index >= 15 is 0 Å². The van der Waals surface area contributed by atoms with Crippen LogP contribution in [-0.2, 0) is 17.9 Å². The van der Waals surface area contributed by atoms with Crippen molar-refractivity contribution in [2.24, 2.45) is 5.92 Å². The highest BCUT2D eigenvalue weighted by Gasteiger charge is 2.15. The summed E-state index contributed by atoms with van der Waals surface area (Å²) in [5.74, 6) is -0.655. The van der Waals surface area contributed by atoms with Crippen LogP contribution in [-0.4, -0.2) is 31.3 Å². The Balaban J connectivity index is 1.79. The molecule has 3 rings (SSSR count). The summed E-state index contributed by atoms with van der Waals surface area (Å²) in [5.41, 5.74) is 2.86. The van der Waals surface area contributed by atoms with Crippen LogP contribution < -0.4 is 5.32 Å². The Hall–Kier alpha value is -3.09. The predicted octanol–water partition coefficient (Wildman–Crippen LogP) is 3.14. The molecule has 26 heavy (non-hydrogen) atoms. The quantitative estimate of drug-likeness (QED) is 0.712. The van der Waals surface area contributed by atoms with Crippen molar-refractivity contribution in [3.8, 4) is 0 Å². The number of nitrogens with one attached hydrogen (secondary N) is 1. The van der Waals surface area contributed by atoms with Crippen molar-refractivity contribution in [3.63, 3.8) is 0 Å². The highest BCUT2D eigenvalue weighted by atomic mass is 16.4. The largest absolute Gasteiger partial charge is 0.480 e. The molecular formula is C19H22N4O3. The van der Waals surface area contributed by atoms with Gasteiger partial charge in [0, 0.05) is 35.0 Å². The molecule has 0 aliphatic carbocycles. The number of hydrogen-bond donors (Lipinski definition) is 2. The fourth-order valence-corrected chi connectivity index (χ4v) is 2.96. The van der Waals surface area contributed by atoms with Gasteiger partial charge in [0.15, 0.2) is 0 Å². The van der Waals surface area contributed by atoms with Gasteiger partial charge in [-0.2, -0.15) is 5.10 Å². The second-order valence-electron chi connectivity index (χ2n) is 6.78. The molecule has 0 spiro atoms. The van der Waals surface area contributed by atoms with Gasteiger partial charge >= 0.3 is 5.97 Å². The Kier molecular flexibility index (Phi) is 4.79. The number of rotatable bonds is 6. The fourth-order valence-electron chi connectivity index (χ4n) is 2.96. The van der Waals surface area contributed by atoms with E-state index in [4.69, 9.17) is 5.11 Å². The normalized spacial score (nSPS) is 11.2. The molecule has 1 aromatic carbocycles. The first-order valence-corrected chi connectivity index (χ1v) is 8.49.